The lowest BCUT2D eigenvalue weighted by Crippen LogP contribution is -2.56. The molecule has 0 N–H and O–H groups in total. The van der Waals surface area contributed by atoms with Gasteiger partial charge in [-0.2, -0.15) is 0 Å². The average Bonchev–Trinajstić information content (AvgIpc) is 2.69. The van der Waals surface area contributed by atoms with E-state index in [1.165, 1.54) is 6.07 Å². The number of ether oxygens (including phenoxy) is 2. The standard InChI is InChI=1S/C18H24BrFN2O3/c1-11-15(19)14(20)7-12-8-21-5-6-22(17(23)25-18(2,3)4)9-13(21)10-24-16(11)12/h7,13H,5-6,8-10H2,1-4H3. The van der Waals surface area contributed by atoms with E-state index in [0.717, 1.165) is 16.9 Å². The zero-order valence-electron chi connectivity index (χ0n) is 15.1. The average molecular weight is 415 g/mol. The minimum atomic E-state index is -0.509. The van der Waals surface area contributed by atoms with E-state index in [-0.39, 0.29) is 18.0 Å². The number of amides is 1. The van der Waals surface area contributed by atoms with Gasteiger partial charge < -0.3 is 14.4 Å². The predicted molar refractivity (Wildman–Crippen MR) is 96.3 cm³/mol. The summed E-state index contributed by atoms with van der Waals surface area (Å²) in [5.74, 6) is 0.470. The fourth-order valence-electron chi connectivity index (χ4n) is 3.27. The summed E-state index contributed by atoms with van der Waals surface area (Å²) in [6.45, 7) is 10.4. The van der Waals surface area contributed by atoms with Crippen LogP contribution in [0.15, 0.2) is 10.5 Å². The molecule has 1 aromatic carbocycles. The second-order valence-electron chi connectivity index (χ2n) is 7.65. The van der Waals surface area contributed by atoms with Crippen molar-refractivity contribution in [3.05, 3.63) is 27.5 Å². The molecule has 3 rings (SSSR count). The molecule has 1 atom stereocenters. The summed E-state index contributed by atoms with van der Waals surface area (Å²) in [6.07, 6.45) is -0.293. The third kappa shape index (κ3) is 3.92. The van der Waals surface area contributed by atoms with Crippen LogP contribution in [0.25, 0.3) is 0 Å². The highest BCUT2D eigenvalue weighted by Crippen LogP contribution is 2.36. The van der Waals surface area contributed by atoms with Crippen LogP contribution >= 0.6 is 15.9 Å². The van der Waals surface area contributed by atoms with Crippen molar-refractivity contribution in [1.82, 2.24) is 9.80 Å². The highest BCUT2D eigenvalue weighted by molar-refractivity contribution is 9.10. The maximum absolute atomic E-state index is 14.1. The normalized spacial score (nSPS) is 21.0. The van der Waals surface area contributed by atoms with Gasteiger partial charge in [-0.3, -0.25) is 4.90 Å². The number of hydrogen-bond donors (Lipinski definition) is 0. The second kappa shape index (κ2) is 6.76. The quantitative estimate of drug-likeness (QED) is 0.648. The first-order valence-electron chi connectivity index (χ1n) is 8.48. The molecule has 7 heteroatoms. The molecule has 0 bridgehead atoms. The third-order valence-corrected chi connectivity index (χ3v) is 5.50. The lowest BCUT2D eigenvalue weighted by atomic mass is 10.1. The Kier molecular flexibility index (Phi) is 4.99. The molecule has 2 aliphatic rings. The first kappa shape index (κ1) is 18.5. The topological polar surface area (TPSA) is 42.0 Å². The highest BCUT2D eigenvalue weighted by atomic mass is 79.9. The summed E-state index contributed by atoms with van der Waals surface area (Å²) in [5, 5.41) is 0. The summed E-state index contributed by atoms with van der Waals surface area (Å²) >= 11 is 3.28. The van der Waals surface area contributed by atoms with Gasteiger partial charge in [0.15, 0.2) is 0 Å². The van der Waals surface area contributed by atoms with E-state index in [4.69, 9.17) is 9.47 Å². The minimum Gasteiger partial charge on any atom is -0.491 e. The van der Waals surface area contributed by atoms with Crippen LogP contribution in [0.2, 0.25) is 0 Å². The Hall–Kier alpha value is -1.34. The van der Waals surface area contributed by atoms with Gasteiger partial charge in [-0.05, 0) is 49.7 Å². The van der Waals surface area contributed by atoms with E-state index in [1.807, 2.05) is 27.7 Å². The van der Waals surface area contributed by atoms with Crippen LogP contribution in [-0.4, -0.2) is 53.8 Å². The molecule has 5 nitrogen and oxygen atoms in total. The molecular formula is C18H24BrFN2O3. The Labute approximate surface area is 156 Å². The Bertz CT molecular complexity index is 690. The van der Waals surface area contributed by atoms with Gasteiger partial charge in [-0.15, -0.1) is 0 Å². The van der Waals surface area contributed by atoms with Gasteiger partial charge in [0, 0.05) is 37.3 Å². The molecule has 2 aliphatic heterocycles. The maximum atomic E-state index is 14.1. The number of fused-ring (bicyclic) bond motifs is 2. The molecule has 0 spiro atoms. The minimum absolute atomic E-state index is 0.0647. The van der Waals surface area contributed by atoms with Crippen molar-refractivity contribution in [3.63, 3.8) is 0 Å². The fraction of sp³-hybridized carbons (Fsp3) is 0.611. The van der Waals surface area contributed by atoms with E-state index in [2.05, 4.69) is 20.8 Å². The van der Waals surface area contributed by atoms with Crippen LogP contribution in [0.1, 0.15) is 31.9 Å². The Morgan fingerprint density at radius 1 is 1.40 bits per heavy atom. The lowest BCUT2D eigenvalue weighted by Gasteiger charge is -2.40. The van der Waals surface area contributed by atoms with Gasteiger partial charge >= 0.3 is 6.09 Å². The van der Waals surface area contributed by atoms with Crippen molar-refractivity contribution in [2.75, 3.05) is 26.2 Å². The van der Waals surface area contributed by atoms with Crippen LogP contribution < -0.4 is 4.74 Å². The summed E-state index contributed by atoms with van der Waals surface area (Å²) in [7, 11) is 0. The first-order chi connectivity index (χ1) is 11.7. The van der Waals surface area contributed by atoms with Gasteiger partial charge in [-0.1, -0.05) is 0 Å². The van der Waals surface area contributed by atoms with Gasteiger partial charge in [0.2, 0.25) is 0 Å². The number of carbonyl (C=O) groups is 1. The second-order valence-corrected chi connectivity index (χ2v) is 8.44. The molecule has 0 saturated carbocycles. The van der Waals surface area contributed by atoms with Crippen molar-refractivity contribution in [2.24, 2.45) is 0 Å². The molecule has 0 aromatic heterocycles. The van der Waals surface area contributed by atoms with Crippen molar-refractivity contribution in [2.45, 2.75) is 45.9 Å². The molecule has 1 aromatic rings. The van der Waals surface area contributed by atoms with Crippen LogP contribution in [-0.2, 0) is 11.3 Å². The largest absolute Gasteiger partial charge is 0.491 e. The SMILES string of the molecule is Cc1c(Br)c(F)cc2c1OCC1CN(C(=O)OC(C)(C)C)CCN1C2. The lowest BCUT2D eigenvalue weighted by molar-refractivity contribution is -0.00156. The molecule has 1 amide bonds. The van der Waals surface area contributed by atoms with E-state index < -0.39 is 5.60 Å². The molecule has 138 valence electrons. The van der Waals surface area contributed by atoms with Crippen LogP contribution in [0, 0.1) is 12.7 Å². The van der Waals surface area contributed by atoms with Crippen molar-refractivity contribution >= 4 is 22.0 Å². The van der Waals surface area contributed by atoms with E-state index in [0.29, 0.717) is 37.3 Å². The molecule has 1 saturated heterocycles. The van der Waals surface area contributed by atoms with Gasteiger partial charge in [-0.25, -0.2) is 9.18 Å². The van der Waals surface area contributed by atoms with Crippen molar-refractivity contribution in [1.29, 1.82) is 0 Å². The zero-order chi connectivity index (χ0) is 18.4. The molecule has 1 unspecified atom stereocenters. The van der Waals surface area contributed by atoms with E-state index >= 15 is 0 Å². The molecule has 25 heavy (non-hydrogen) atoms. The summed E-state index contributed by atoms with van der Waals surface area (Å²) in [6, 6.07) is 1.60. The monoisotopic (exact) mass is 414 g/mol. The highest BCUT2D eigenvalue weighted by Gasteiger charge is 2.35. The molecule has 0 aliphatic carbocycles. The molecule has 0 radical (unpaired) electrons. The van der Waals surface area contributed by atoms with E-state index in [9.17, 15) is 9.18 Å². The Morgan fingerprint density at radius 3 is 2.80 bits per heavy atom. The first-order valence-corrected chi connectivity index (χ1v) is 9.27. The third-order valence-electron chi connectivity index (χ3n) is 4.52. The number of piperazine rings is 1. The Balaban J connectivity index is 1.75. The fourth-order valence-corrected chi connectivity index (χ4v) is 3.56. The van der Waals surface area contributed by atoms with Gasteiger partial charge in [0.1, 0.15) is 23.8 Å². The number of benzene rings is 1. The number of rotatable bonds is 0. The Morgan fingerprint density at radius 2 is 2.12 bits per heavy atom. The zero-order valence-corrected chi connectivity index (χ0v) is 16.7. The summed E-state index contributed by atoms with van der Waals surface area (Å²) in [4.78, 5) is 16.3. The van der Waals surface area contributed by atoms with Crippen LogP contribution in [0.5, 0.6) is 5.75 Å². The number of hydrogen-bond acceptors (Lipinski definition) is 4. The summed E-state index contributed by atoms with van der Waals surface area (Å²) in [5.41, 5.74) is 1.12. The van der Waals surface area contributed by atoms with Gasteiger partial charge in [0.25, 0.3) is 0 Å². The smallest absolute Gasteiger partial charge is 0.410 e. The summed E-state index contributed by atoms with van der Waals surface area (Å²) < 4.78 is 26.0. The van der Waals surface area contributed by atoms with Crippen molar-refractivity contribution in [3.8, 4) is 5.75 Å². The molecular weight excluding hydrogens is 391 g/mol. The van der Waals surface area contributed by atoms with Crippen LogP contribution in [0.3, 0.4) is 0 Å². The number of halogens is 2. The van der Waals surface area contributed by atoms with Crippen molar-refractivity contribution < 1.29 is 18.7 Å². The van der Waals surface area contributed by atoms with E-state index in [1.54, 1.807) is 4.90 Å². The molecule has 2 heterocycles. The predicted octanol–water partition coefficient (Wildman–Crippen LogP) is 3.71. The maximum Gasteiger partial charge on any atom is 0.410 e. The van der Waals surface area contributed by atoms with Crippen LogP contribution in [0.4, 0.5) is 9.18 Å². The molecule has 1 fully saturated rings. The van der Waals surface area contributed by atoms with Gasteiger partial charge in [0.05, 0.1) is 10.5 Å². The number of carbonyl (C=O) groups excluding carboxylic acids is 1. The number of nitrogens with zero attached hydrogens (tertiary/aromatic N) is 2.